The molecule has 19 heavy (non-hydrogen) atoms. The molecule has 1 N–H and O–H groups in total. The summed E-state index contributed by atoms with van der Waals surface area (Å²) in [6.45, 7) is 1.98. The summed E-state index contributed by atoms with van der Waals surface area (Å²) in [5, 5.41) is 7.41. The lowest BCUT2D eigenvalue weighted by molar-refractivity contribution is 0.389. The zero-order valence-corrected chi connectivity index (χ0v) is 11.9. The van der Waals surface area contributed by atoms with Crippen LogP contribution >= 0.6 is 0 Å². The van der Waals surface area contributed by atoms with Crippen molar-refractivity contribution in [1.82, 2.24) is 9.78 Å². The van der Waals surface area contributed by atoms with Crippen LogP contribution in [0.2, 0.25) is 0 Å². The zero-order valence-electron chi connectivity index (χ0n) is 11.9. The van der Waals surface area contributed by atoms with Gasteiger partial charge in [0.05, 0.1) is 19.9 Å². The van der Waals surface area contributed by atoms with Crippen molar-refractivity contribution in [3.8, 4) is 22.8 Å². The van der Waals surface area contributed by atoms with Crippen molar-refractivity contribution < 1.29 is 9.47 Å². The molecule has 1 heterocycles. The molecule has 1 aromatic carbocycles. The summed E-state index contributed by atoms with van der Waals surface area (Å²) < 4.78 is 12.7. The summed E-state index contributed by atoms with van der Waals surface area (Å²) in [7, 11) is 7.09. The molecule has 0 saturated carbocycles. The summed E-state index contributed by atoms with van der Waals surface area (Å²) in [6.07, 6.45) is 0. The fourth-order valence-corrected chi connectivity index (χ4v) is 2.20. The maximum absolute atomic E-state index is 5.53. The first kappa shape index (κ1) is 13.3. The molecule has 0 aliphatic rings. The Labute approximate surface area is 113 Å². The minimum absolute atomic E-state index is 0.810. The number of hydrogen-bond acceptors (Lipinski definition) is 4. The van der Waals surface area contributed by atoms with Gasteiger partial charge in [0.2, 0.25) is 0 Å². The number of methoxy groups -OCH3 is 2. The number of hydrogen-bond donors (Lipinski definition) is 1. The van der Waals surface area contributed by atoms with E-state index in [0.717, 1.165) is 34.1 Å². The summed E-state index contributed by atoms with van der Waals surface area (Å²) in [4.78, 5) is 0. The maximum atomic E-state index is 5.53. The van der Waals surface area contributed by atoms with Crippen molar-refractivity contribution in [3.05, 3.63) is 23.8 Å². The lowest BCUT2D eigenvalue weighted by Crippen LogP contribution is -1.99. The highest BCUT2D eigenvalue weighted by Gasteiger charge is 2.16. The van der Waals surface area contributed by atoms with Crippen LogP contribution in [0, 0.1) is 6.92 Å². The summed E-state index contributed by atoms with van der Waals surface area (Å²) >= 11 is 0. The van der Waals surface area contributed by atoms with Crippen molar-refractivity contribution in [3.63, 3.8) is 0 Å². The second-order valence-electron chi connectivity index (χ2n) is 4.26. The first-order valence-electron chi connectivity index (χ1n) is 6.06. The van der Waals surface area contributed by atoms with Crippen LogP contribution in [0.5, 0.6) is 11.5 Å². The number of anilines is 1. The number of rotatable bonds is 4. The van der Waals surface area contributed by atoms with E-state index in [4.69, 9.17) is 9.47 Å². The number of nitrogens with zero attached hydrogens (tertiary/aromatic N) is 2. The normalized spacial score (nSPS) is 10.4. The molecule has 5 heteroatoms. The molecule has 0 saturated heterocycles. The quantitative estimate of drug-likeness (QED) is 0.918. The molecule has 102 valence electrons. The van der Waals surface area contributed by atoms with Crippen LogP contribution in [0.1, 0.15) is 5.56 Å². The Bertz CT molecular complexity index is 591. The predicted octanol–water partition coefficient (Wildman–Crippen LogP) is 2.45. The van der Waals surface area contributed by atoms with Crippen molar-refractivity contribution in [2.45, 2.75) is 6.92 Å². The van der Waals surface area contributed by atoms with E-state index in [2.05, 4.69) is 10.4 Å². The molecule has 0 amide bonds. The van der Waals surface area contributed by atoms with Crippen LogP contribution in [0.15, 0.2) is 18.2 Å². The Morgan fingerprint density at radius 1 is 1.21 bits per heavy atom. The number of aryl methyl sites for hydroxylation is 1. The van der Waals surface area contributed by atoms with Crippen LogP contribution in [-0.4, -0.2) is 31.0 Å². The second kappa shape index (κ2) is 5.22. The lowest BCUT2D eigenvalue weighted by Gasteiger charge is -2.14. The predicted molar refractivity (Wildman–Crippen MR) is 76.0 cm³/mol. The molecule has 0 radical (unpaired) electrons. The van der Waals surface area contributed by atoms with Gasteiger partial charge in [-0.05, 0) is 19.1 Å². The van der Waals surface area contributed by atoms with Crippen LogP contribution in [0.4, 0.5) is 5.82 Å². The Kier molecular flexibility index (Phi) is 3.64. The van der Waals surface area contributed by atoms with Gasteiger partial charge in [-0.2, -0.15) is 5.10 Å². The molecule has 2 rings (SSSR count). The number of nitrogens with one attached hydrogen (secondary N) is 1. The molecule has 0 bridgehead atoms. The maximum Gasteiger partial charge on any atom is 0.148 e. The Morgan fingerprint density at radius 2 is 1.95 bits per heavy atom. The zero-order chi connectivity index (χ0) is 14.0. The van der Waals surface area contributed by atoms with E-state index in [1.54, 1.807) is 14.2 Å². The molecule has 5 nitrogen and oxygen atoms in total. The third-order valence-corrected chi connectivity index (χ3v) is 3.19. The highest BCUT2D eigenvalue weighted by atomic mass is 16.5. The van der Waals surface area contributed by atoms with Gasteiger partial charge in [0, 0.05) is 31.3 Å². The van der Waals surface area contributed by atoms with E-state index >= 15 is 0 Å². The van der Waals surface area contributed by atoms with E-state index in [0.29, 0.717) is 0 Å². The van der Waals surface area contributed by atoms with Crippen molar-refractivity contribution in [2.75, 3.05) is 26.6 Å². The van der Waals surface area contributed by atoms with E-state index in [9.17, 15) is 0 Å². The highest BCUT2D eigenvalue weighted by molar-refractivity contribution is 5.73. The van der Waals surface area contributed by atoms with Gasteiger partial charge < -0.3 is 14.8 Å². The van der Waals surface area contributed by atoms with Gasteiger partial charge in [-0.15, -0.1) is 0 Å². The fraction of sp³-hybridized carbons (Fsp3) is 0.357. The largest absolute Gasteiger partial charge is 0.496 e. The van der Waals surface area contributed by atoms with Crippen molar-refractivity contribution >= 4 is 5.82 Å². The topological polar surface area (TPSA) is 48.3 Å². The van der Waals surface area contributed by atoms with Crippen LogP contribution in [-0.2, 0) is 7.05 Å². The van der Waals surface area contributed by atoms with E-state index in [-0.39, 0.29) is 0 Å². The van der Waals surface area contributed by atoms with Gasteiger partial charge in [0.15, 0.2) is 0 Å². The summed E-state index contributed by atoms with van der Waals surface area (Å²) in [5.41, 5.74) is 2.97. The molecule has 1 aromatic heterocycles. The average molecular weight is 261 g/mol. The summed E-state index contributed by atoms with van der Waals surface area (Å²) in [5.74, 6) is 2.45. The van der Waals surface area contributed by atoms with E-state index in [1.807, 2.05) is 43.9 Å². The third-order valence-electron chi connectivity index (χ3n) is 3.19. The minimum atomic E-state index is 0.810. The van der Waals surface area contributed by atoms with Gasteiger partial charge in [-0.25, -0.2) is 0 Å². The number of aromatic nitrogens is 2. The van der Waals surface area contributed by atoms with Crippen LogP contribution < -0.4 is 14.8 Å². The van der Waals surface area contributed by atoms with Crippen molar-refractivity contribution in [2.24, 2.45) is 7.05 Å². The van der Waals surface area contributed by atoms with Gasteiger partial charge in [-0.3, -0.25) is 4.68 Å². The van der Waals surface area contributed by atoms with Gasteiger partial charge >= 0.3 is 0 Å². The Balaban J connectivity index is 2.61. The molecule has 2 aromatic rings. The number of ether oxygens (including phenoxy) is 2. The smallest absolute Gasteiger partial charge is 0.148 e. The minimum Gasteiger partial charge on any atom is -0.496 e. The number of benzene rings is 1. The van der Waals surface area contributed by atoms with Crippen LogP contribution in [0.3, 0.4) is 0 Å². The second-order valence-corrected chi connectivity index (χ2v) is 4.26. The molecular weight excluding hydrogens is 242 g/mol. The standard InChI is InChI=1S/C14H19N3O2/c1-9-12(18-4)7-6-10(14(9)19-5)11-8-13(15-2)16-17(11)3/h6-8H,1-5H3,(H,15,16). The SMILES string of the molecule is CNc1cc(-c2ccc(OC)c(C)c2OC)n(C)n1. The Morgan fingerprint density at radius 3 is 2.47 bits per heavy atom. The van der Waals surface area contributed by atoms with Gasteiger partial charge in [0.1, 0.15) is 17.3 Å². The average Bonchev–Trinajstić information content (AvgIpc) is 2.79. The molecule has 0 atom stereocenters. The summed E-state index contributed by atoms with van der Waals surface area (Å²) in [6, 6.07) is 5.92. The first-order chi connectivity index (χ1) is 9.12. The van der Waals surface area contributed by atoms with Crippen molar-refractivity contribution in [1.29, 1.82) is 0 Å². The van der Waals surface area contributed by atoms with E-state index in [1.165, 1.54) is 0 Å². The third kappa shape index (κ3) is 2.23. The molecule has 0 unspecified atom stereocenters. The van der Waals surface area contributed by atoms with Gasteiger partial charge in [0.25, 0.3) is 0 Å². The first-order valence-corrected chi connectivity index (χ1v) is 6.06. The monoisotopic (exact) mass is 261 g/mol. The molecule has 0 aliphatic carbocycles. The highest BCUT2D eigenvalue weighted by Crippen LogP contribution is 2.38. The lowest BCUT2D eigenvalue weighted by atomic mass is 10.1. The molecule has 0 aliphatic heterocycles. The fourth-order valence-electron chi connectivity index (χ4n) is 2.20. The van der Waals surface area contributed by atoms with E-state index < -0.39 is 0 Å². The molecule has 0 fully saturated rings. The Hall–Kier alpha value is -2.17. The van der Waals surface area contributed by atoms with Gasteiger partial charge in [-0.1, -0.05) is 0 Å². The molecular formula is C14H19N3O2. The molecule has 0 spiro atoms. The van der Waals surface area contributed by atoms with Crippen LogP contribution in [0.25, 0.3) is 11.3 Å².